The summed E-state index contributed by atoms with van der Waals surface area (Å²) in [5, 5.41) is 7.65. The highest BCUT2D eigenvalue weighted by molar-refractivity contribution is 9.10. The standard InChI is InChI=1S/C19H14BrN5O2/c20-14-7-4-8-15(9-14)25-18-16(10-23-25)17(21-12-22-18)24-19(26)27-11-13-5-2-1-3-6-13/h1-10,12H,11H2,(H,21,22,24,26). The second-order valence-corrected chi connectivity index (χ2v) is 6.60. The minimum Gasteiger partial charge on any atom is -0.444 e. The number of fused-ring (bicyclic) bond motifs is 1. The summed E-state index contributed by atoms with van der Waals surface area (Å²) in [5.41, 5.74) is 2.33. The molecule has 0 bridgehead atoms. The number of anilines is 1. The number of hydrogen-bond acceptors (Lipinski definition) is 5. The zero-order valence-electron chi connectivity index (χ0n) is 14.0. The molecule has 1 amide bonds. The summed E-state index contributed by atoms with van der Waals surface area (Å²) in [7, 11) is 0. The maximum Gasteiger partial charge on any atom is 0.413 e. The maximum atomic E-state index is 12.1. The number of halogens is 1. The Bertz CT molecular complexity index is 1100. The molecule has 4 rings (SSSR count). The Morgan fingerprint density at radius 3 is 2.78 bits per heavy atom. The van der Waals surface area contributed by atoms with Crippen molar-refractivity contribution in [2.75, 3.05) is 5.32 Å². The monoisotopic (exact) mass is 423 g/mol. The van der Waals surface area contributed by atoms with Gasteiger partial charge in [0.1, 0.15) is 18.8 Å². The van der Waals surface area contributed by atoms with Gasteiger partial charge in [0.2, 0.25) is 0 Å². The molecule has 4 aromatic rings. The minimum absolute atomic E-state index is 0.179. The third-order valence-electron chi connectivity index (χ3n) is 3.85. The second-order valence-electron chi connectivity index (χ2n) is 5.68. The van der Waals surface area contributed by atoms with E-state index < -0.39 is 6.09 Å². The molecule has 2 aromatic carbocycles. The van der Waals surface area contributed by atoms with Gasteiger partial charge in [-0.25, -0.2) is 19.4 Å². The maximum absolute atomic E-state index is 12.1. The lowest BCUT2D eigenvalue weighted by Crippen LogP contribution is -2.14. The van der Waals surface area contributed by atoms with Crippen molar-refractivity contribution < 1.29 is 9.53 Å². The molecule has 8 heteroatoms. The molecule has 0 aliphatic rings. The third-order valence-corrected chi connectivity index (χ3v) is 4.35. The van der Waals surface area contributed by atoms with Gasteiger partial charge in [0.05, 0.1) is 17.3 Å². The van der Waals surface area contributed by atoms with Gasteiger partial charge in [-0.05, 0) is 23.8 Å². The highest BCUT2D eigenvalue weighted by Crippen LogP contribution is 2.23. The number of carbonyl (C=O) groups excluding carboxylic acids is 1. The zero-order valence-corrected chi connectivity index (χ0v) is 15.6. The van der Waals surface area contributed by atoms with Crippen molar-refractivity contribution in [3.8, 4) is 5.69 Å². The summed E-state index contributed by atoms with van der Waals surface area (Å²) in [4.78, 5) is 20.6. The topological polar surface area (TPSA) is 81.9 Å². The number of amides is 1. The van der Waals surface area contributed by atoms with Crippen LogP contribution in [-0.2, 0) is 11.3 Å². The van der Waals surface area contributed by atoms with E-state index in [0.29, 0.717) is 16.9 Å². The minimum atomic E-state index is -0.589. The molecule has 27 heavy (non-hydrogen) atoms. The van der Waals surface area contributed by atoms with E-state index in [1.54, 1.807) is 10.9 Å². The molecule has 0 spiro atoms. The predicted molar refractivity (Wildman–Crippen MR) is 105 cm³/mol. The van der Waals surface area contributed by atoms with Crippen molar-refractivity contribution in [2.24, 2.45) is 0 Å². The smallest absolute Gasteiger partial charge is 0.413 e. The first-order valence-corrected chi connectivity index (χ1v) is 8.92. The molecule has 0 aliphatic heterocycles. The number of hydrogen-bond donors (Lipinski definition) is 1. The Balaban J connectivity index is 1.55. The van der Waals surface area contributed by atoms with Crippen LogP contribution in [0.15, 0.2) is 71.6 Å². The van der Waals surface area contributed by atoms with Gasteiger partial charge in [-0.3, -0.25) is 5.32 Å². The molecule has 0 unspecified atom stereocenters. The van der Waals surface area contributed by atoms with Gasteiger partial charge in [-0.1, -0.05) is 52.3 Å². The van der Waals surface area contributed by atoms with Crippen LogP contribution in [0.2, 0.25) is 0 Å². The lowest BCUT2D eigenvalue weighted by atomic mass is 10.2. The van der Waals surface area contributed by atoms with Crippen molar-refractivity contribution >= 4 is 38.9 Å². The Labute approximate surface area is 163 Å². The fourth-order valence-corrected chi connectivity index (χ4v) is 2.98. The lowest BCUT2D eigenvalue weighted by molar-refractivity contribution is 0.155. The van der Waals surface area contributed by atoms with E-state index in [0.717, 1.165) is 15.7 Å². The fraction of sp³-hybridized carbons (Fsp3) is 0.0526. The molecule has 0 aliphatic carbocycles. The Morgan fingerprint density at radius 1 is 1.11 bits per heavy atom. The van der Waals surface area contributed by atoms with Gasteiger partial charge in [-0.15, -0.1) is 0 Å². The first-order chi connectivity index (χ1) is 13.2. The molecule has 0 fully saturated rings. The van der Waals surface area contributed by atoms with Crippen LogP contribution >= 0.6 is 15.9 Å². The summed E-state index contributed by atoms with van der Waals surface area (Å²) in [5.74, 6) is 0.347. The number of nitrogens with one attached hydrogen (secondary N) is 1. The number of ether oxygens (including phenoxy) is 1. The lowest BCUT2D eigenvalue weighted by Gasteiger charge is -2.07. The highest BCUT2D eigenvalue weighted by atomic mass is 79.9. The SMILES string of the molecule is O=C(Nc1ncnc2c1cnn2-c1cccc(Br)c1)OCc1ccccc1. The summed E-state index contributed by atoms with van der Waals surface area (Å²) >= 11 is 3.45. The predicted octanol–water partition coefficient (Wildman–Crippen LogP) is 4.33. The van der Waals surface area contributed by atoms with Crippen molar-refractivity contribution in [1.29, 1.82) is 0 Å². The van der Waals surface area contributed by atoms with E-state index in [9.17, 15) is 4.79 Å². The van der Waals surface area contributed by atoms with Crippen molar-refractivity contribution in [3.05, 3.63) is 77.2 Å². The molecule has 7 nitrogen and oxygen atoms in total. The van der Waals surface area contributed by atoms with Gasteiger partial charge in [0.25, 0.3) is 0 Å². The van der Waals surface area contributed by atoms with E-state index in [-0.39, 0.29) is 6.61 Å². The van der Waals surface area contributed by atoms with Crippen LogP contribution in [0.4, 0.5) is 10.6 Å². The Kier molecular flexibility index (Phi) is 4.80. The van der Waals surface area contributed by atoms with E-state index in [1.807, 2.05) is 54.6 Å². The molecule has 0 radical (unpaired) electrons. The van der Waals surface area contributed by atoms with Gasteiger partial charge in [0.15, 0.2) is 5.65 Å². The first-order valence-electron chi connectivity index (χ1n) is 8.13. The van der Waals surface area contributed by atoms with Gasteiger partial charge in [-0.2, -0.15) is 5.10 Å². The van der Waals surface area contributed by atoms with Crippen molar-refractivity contribution in [2.45, 2.75) is 6.61 Å². The largest absolute Gasteiger partial charge is 0.444 e. The second kappa shape index (κ2) is 7.55. The van der Waals surface area contributed by atoms with Crippen LogP contribution in [0.3, 0.4) is 0 Å². The number of rotatable bonds is 4. The molecule has 0 atom stereocenters. The van der Waals surface area contributed by atoms with Crippen LogP contribution in [0.1, 0.15) is 5.56 Å². The summed E-state index contributed by atoms with van der Waals surface area (Å²) in [6.45, 7) is 0.179. The van der Waals surface area contributed by atoms with Gasteiger partial charge >= 0.3 is 6.09 Å². The Hall–Kier alpha value is -3.26. The van der Waals surface area contributed by atoms with Crippen molar-refractivity contribution in [1.82, 2.24) is 19.7 Å². The summed E-state index contributed by atoms with van der Waals surface area (Å²) < 4.78 is 7.86. The van der Waals surface area contributed by atoms with Crippen molar-refractivity contribution in [3.63, 3.8) is 0 Å². The van der Waals surface area contributed by atoms with Crippen LogP contribution in [0.25, 0.3) is 16.7 Å². The number of carbonyl (C=O) groups is 1. The summed E-state index contributed by atoms with van der Waals surface area (Å²) in [6, 6.07) is 17.1. The van der Waals surface area contributed by atoms with Gasteiger partial charge in [0, 0.05) is 4.47 Å². The van der Waals surface area contributed by atoms with Crippen LogP contribution in [0, 0.1) is 0 Å². The van der Waals surface area contributed by atoms with Crippen LogP contribution < -0.4 is 5.32 Å². The highest BCUT2D eigenvalue weighted by Gasteiger charge is 2.14. The molecule has 0 saturated carbocycles. The number of aromatic nitrogens is 4. The van der Waals surface area contributed by atoms with E-state index in [4.69, 9.17) is 4.74 Å². The van der Waals surface area contributed by atoms with Gasteiger partial charge < -0.3 is 4.74 Å². The van der Waals surface area contributed by atoms with Crippen LogP contribution in [0.5, 0.6) is 0 Å². The third kappa shape index (κ3) is 3.80. The molecule has 2 aromatic heterocycles. The summed E-state index contributed by atoms with van der Waals surface area (Å²) in [6.07, 6.45) is 2.41. The normalized spacial score (nSPS) is 10.7. The van der Waals surface area contributed by atoms with E-state index in [2.05, 4.69) is 36.3 Å². The molecule has 1 N–H and O–H groups in total. The number of nitrogens with zero attached hydrogens (tertiary/aromatic N) is 4. The molecule has 0 saturated heterocycles. The zero-order chi connectivity index (χ0) is 18.6. The average Bonchev–Trinajstić information content (AvgIpc) is 3.12. The fourth-order valence-electron chi connectivity index (χ4n) is 2.60. The molecule has 2 heterocycles. The van der Waals surface area contributed by atoms with E-state index in [1.165, 1.54) is 6.33 Å². The quantitative estimate of drug-likeness (QED) is 0.528. The molecular weight excluding hydrogens is 410 g/mol. The Morgan fingerprint density at radius 2 is 1.96 bits per heavy atom. The first kappa shape index (κ1) is 17.2. The average molecular weight is 424 g/mol. The van der Waals surface area contributed by atoms with Crippen LogP contribution in [-0.4, -0.2) is 25.8 Å². The number of benzene rings is 2. The molecular formula is C19H14BrN5O2. The molecule has 134 valence electrons. The van der Waals surface area contributed by atoms with E-state index >= 15 is 0 Å².